The van der Waals surface area contributed by atoms with Crippen LogP contribution < -0.4 is 15.4 Å². The van der Waals surface area contributed by atoms with Gasteiger partial charge in [0.25, 0.3) is 0 Å². The Kier molecular flexibility index (Phi) is 4.52. The van der Waals surface area contributed by atoms with E-state index < -0.39 is 0 Å². The highest BCUT2D eigenvalue weighted by atomic mass is 16.5. The number of morpholine rings is 1. The van der Waals surface area contributed by atoms with E-state index >= 15 is 0 Å². The maximum Gasteiger partial charge on any atom is 0.225 e. The molecular weight excluding hydrogens is 220 g/mol. The molecule has 0 aliphatic carbocycles. The first-order valence-electron chi connectivity index (χ1n) is 5.89. The number of rotatable bonds is 5. The molecule has 0 radical (unpaired) electrons. The summed E-state index contributed by atoms with van der Waals surface area (Å²) in [5, 5.41) is 6.52. The molecule has 1 aliphatic rings. The average Bonchev–Trinajstić information content (AvgIpc) is 2.39. The van der Waals surface area contributed by atoms with Gasteiger partial charge in [-0.25, -0.2) is 4.98 Å². The fourth-order valence-corrected chi connectivity index (χ4v) is 1.62. The van der Waals surface area contributed by atoms with Gasteiger partial charge in [-0.15, -0.1) is 0 Å². The third kappa shape index (κ3) is 3.83. The Bertz CT molecular complexity index is 342. The van der Waals surface area contributed by atoms with Gasteiger partial charge in [-0.3, -0.25) is 0 Å². The number of nitrogens with one attached hydrogen (secondary N) is 2. The Hall–Kier alpha value is -1.40. The first-order valence-corrected chi connectivity index (χ1v) is 5.89. The highest BCUT2D eigenvalue weighted by molar-refractivity contribution is 5.27. The minimum atomic E-state index is 0.308. The molecule has 17 heavy (non-hydrogen) atoms. The van der Waals surface area contributed by atoms with Gasteiger partial charge in [0.15, 0.2) is 0 Å². The Labute approximate surface area is 101 Å². The lowest BCUT2D eigenvalue weighted by Crippen LogP contribution is -2.45. The number of ether oxygens (including phenoxy) is 2. The molecule has 1 saturated heterocycles. The molecule has 1 fully saturated rings. The molecule has 6 nitrogen and oxygen atoms in total. The lowest BCUT2D eigenvalue weighted by molar-refractivity contribution is 0.0806. The van der Waals surface area contributed by atoms with Gasteiger partial charge in [0.2, 0.25) is 11.8 Å². The van der Waals surface area contributed by atoms with Crippen LogP contribution in [0.15, 0.2) is 12.3 Å². The highest BCUT2D eigenvalue weighted by Gasteiger charge is 2.12. The first kappa shape index (κ1) is 12.1. The van der Waals surface area contributed by atoms with Crippen LogP contribution in [-0.2, 0) is 4.74 Å². The monoisotopic (exact) mass is 238 g/mol. The number of hydrogen-bond acceptors (Lipinski definition) is 6. The number of hydrogen-bond donors (Lipinski definition) is 2. The summed E-state index contributed by atoms with van der Waals surface area (Å²) in [6, 6.07) is 2.06. The van der Waals surface area contributed by atoms with Crippen molar-refractivity contribution in [2.45, 2.75) is 13.0 Å². The minimum Gasteiger partial charge on any atom is -0.478 e. The highest BCUT2D eigenvalue weighted by Crippen LogP contribution is 2.08. The van der Waals surface area contributed by atoms with Crippen molar-refractivity contribution in [2.75, 3.05) is 38.2 Å². The Morgan fingerprint density at radius 2 is 2.59 bits per heavy atom. The summed E-state index contributed by atoms with van der Waals surface area (Å²) in [5.41, 5.74) is 0. The van der Waals surface area contributed by atoms with Gasteiger partial charge in [0.05, 0.1) is 19.8 Å². The van der Waals surface area contributed by atoms with Gasteiger partial charge in [-0.2, -0.15) is 4.98 Å². The number of nitrogens with zero attached hydrogens (tertiary/aromatic N) is 2. The predicted octanol–water partition coefficient (Wildman–Crippen LogP) is 0.276. The van der Waals surface area contributed by atoms with Crippen molar-refractivity contribution in [3.8, 4) is 5.88 Å². The second-order valence-corrected chi connectivity index (χ2v) is 3.76. The topological polar surface area (TPSA) is 68.3 Å². The van der Waals surface area contributed by atoms with Crippen molar-refractivity contribution < 1.29 is 9.47 Å². The van der Waals surface area contributed by atoms with E-state index in [4.69, 9.17) is 9.47 Å². The standard InChI is InChI=1S/C11H18N4O2/c1-2-17-10-3-4-13-11(15-10)14-7-9-8-16-6-5-12-9/h3-4,9,12H,2,5-8H2,1H3,(H,13,14,15). The van der Waals surface area contributed by atoms with Crippen molar-refractivity contribution in [2.24, 2.45) is 0 Å². The molecule has 0 saturated carbocycles. The molecular formula is C11H18N4O2. The van der Waals surface area contributed by atoms with Crippen molar-refractivity contribution in [3.05, 3.63) is 12.3 Å². The van der Waals surface area contributed by atoms with Crippen LogP contribution in [0.25, 0.3) is 0 Å². The van der Waals surface area contributed by atoms with Crippen LogP contribution in [0.4, 0.5) is 5.95 Å². The maximum absolute atomic E-state index is 5.36. The first-order chi connectivity index (χ1) is 8.38. The van der Waals surface area contributed by atoms with Crippen molar-refractivity contribution in [3.63, 3.8) is 0 Å². The summed E-state index contributed by atoms with van der Waals surface area (Å²) in [7, 11) is 0. The molecule has 1 aromatic rings. The molecule has 2 N–H and O–H groups in total. The third-order valence-corrected chi connectivity index (χ3v) is 2.43. The number of anilines is 1. The van der Waals surface area contributed by atoms with E-state index in [1.54, 1.807) is 12.3 Å². The summed E-state index contributed by atoms with van der Waals surface area (Å²) in [6.45, 7) is 5.68. The van der Waals surface area contributed by atoms with E-state index in [1.807, 2.05) is 6.92 Å². The van der Waals surface area contributed by atoms with Gasteiger partial charge in [0.1, 0.15) is 0 Å². The van der Waals surface area contributed by atoms with Crippen LogP contribution in [0, 0.1) is 0 Å². The van der Waals surface area contributed by atoms with Crippen molar-refractivity contribution >= 4 is 5.95 Å². The molecule has 0 amide bonds. The van der Waals surface area contributed by atoms with Crippen molar-refractivity contribution in [1.29, 1.82) is 0 Å². The molecule has 2 heterocycles. The van der Waals surface area contributed by atoms with E-state index in [0.29, 0.717) is 24.5 Å². The summed E-state index contributed by atoms with van der Waals surface area (Å²) in [4.78, 5) is 8.37. The van der Waals surface area contributed by atoms with E-state index in [2.05, 4.69) is 20.6 Å². The molecule has 94 valence electrons. The normalized spacial score (nSPS) is 19.9. The average molecular weight is 238 g/mol. The van der Waals surface area contributed by atoms with Crippen molar-refractivity contribution in [1.82, 2.24) is 15.3 Å². The summed E-state index contributed by atoms with van der Waals surface area (Å²) in [5.74, 6) is 1.18. The quantitative estimate of drug-likeness (QED) is 0.767. The molecule has 2 rings (SSSR count). The molecule has 1 aliphatic heterocycles. The minimum absolute atomic E-state index is 0.308. The summed E-state index contributed by atoms with van der Waals surface area (Å²) in [6.07, 6.45) is 1.69. The second kappa shape index (κ2) is 6.36. The fourth-order valence-electron chi connectivity index (χ4n) is 1.62. The molecule has 6 heteroatoms. The van der Waals surface area contributed by atoms with Gasteiger partial charge >= 0.3 is 0 Å². The summed E-state index contributed by atoms with van der Waals surface area (Å²) >= 11 is 0. The summed E-state index contributed by atoms with van der Waals surface area (Å²) < 4.78 is 10.7. The van der Waals surface area contributed by atoms with E-state index in [9.17, 15) is 0 Å². The van der Waals surface area contributed by atoms with E-state index in [0.717, 1.165) is 26.3 Å². The zero-order valence-electron chi connectivity index (χ0n) is 9.98. The second-order valence-electron chi connectivity index (χ2n) is 3.76. The van der Waals surface area contributed by atoms with E-state index in [1.165, 1.54) is 0 Å². The molecule has 0 bridgehead atoms. The molecule has 1 aromatic heterocycles. The molecule has 1 atom stereocenters. The van der Waals surface area contributed by atoms with Gasteiger partial charge in [0, 0.05) is 31.4 Å². The van der Waals surface area contributed by atoms with Gasteiger partial charge in [-0.1, -0.05) is 0 Å². The van der Waals surface area contributed by atoms with Crippen LogP contribution in [0.1, 0.15) is 6.92 Å². The van der Waals surface area contributed by atoms with Crippen LogP contribution in [0.2, 0.25) is 0 Å². The van der Waals surface area contributed by atoms with E-state index in [-0.39, 0.29) is 0 Å². The van der Waals surface area contributed by atoms with Gasteiger partial charge in [-0.05, 0) is 6.92 Å². The fraction of sp³-hybridized carbons (Fsp3) is 0.636. The lowest BCUT2D eigenvalue weighted by Gasteiger charge is -2.23. The number of aromatic nitrogens is 2. The van der Waals surface area contributed by atoms with Crippen LogP contribution in [0.5, 0.6) is 5.88 Å². The zero-order valence-corrected chi connectivity index (χ0v) is 9.98. The smallest absolute Gasteiger partial charge is 0.225 e. The Morgan fingerprint density at radius 3 is 3.35 bits per heavy atom. The zero-order chi connectivity index (χ0) is 11.9. The van der Waals surface area contributed by atoms with Gasteiger partial charge < -0.3 is 20.1 Å². The molecule has 0 aromatic carbocycles. The maximum atomic E-state index is 5.36. The predicted molar refractivity (Wildman–Crippen MR) is 64.3 cm³/mol. The SMILES string of the molecule is CCOc1ccnc(NCC2COCCN2)n1. The van der Waals surface area contributed by atoms with Crippen LogP contribution in [-0.4, -0.2) is 48.9 Å². The van der Waals surface area contributed by atoms with Crippen LogP contribution >= 0.6 is 0 Å². The molecule has 1 unspecified atom stereocenters. The Balaban J connectivity index is 1.83. The Morgan fingerprint density at radius 1 is 1.65 bits per heavy atom. The largest absolute Gasteiger partial charge is 0.478 e. The van der Waals surface area contributed by atoms with Crippen LogP contribution in [0.3, 0.4) is 0 Å². The third-order valence-electron chi connectivity index (χ3n) is 2.43. The molecule has 0 spiro atoms. The lowest BCUT2D eigenvalue weighted by atomic mass is 10.3.